The average Bonchev–Trinajstić information content (AvgIpc) is 2.85. The Morgan fingerprint density at radius 2 is 1.91 bits per heavy atom. The first-order chi connectivity index (χ1) is 11.2. The highest BCUT2D eigenvalue weighted by Gasteiger charge is 2.41. The zero-order valence-corrected chi connectivity index (χ0v) is 13.6. The summed E-state index contributed by atoms with van der Waals surface area (Å²) < 4.78 is 0. The van der Waals surface area contributed by atoms with E-state index in [9.17, 15) is 4.79 Å². The molecule has 2 saturated heterocycles. The zero-order chi connectivity index (χ0) is 16.2. The van der Waals surface area contributed by atoms with Gasteiger partial charge in [-0.2, -0.15) is 5.26 Å². The van der Waals surface area contributed by atoms with E-state index in [-0.39, 0.29) is 0 Å². The second-order valence-corrected chi connectivity index (χ2v) is 6.39. The van der Waals surface area contributed by atoms with Crippen LogP contribution >= 0.6 is 0 Å². The van der Waals surface area contributed by atoms with Gasteiger partial charge in [-0.3, -0.25) is 9.69 Å². The SMILES string of the molecule is CCC(=O)N1C2CCC1CN(CC=Cc1ccc(C#N)cc1)C2. The number of hydrogen-bond donors (Lipinski definition) is 0. The fourth-order valence-electron chi connectivity index (χ4n) is 3.74. The molecule has 0 N–H and O–H groups in total. The summed E-state index contributed by atoms with van der Waals surface area (Å²) in [6.45, 7) is 4.84. The van der Waals surface area contributed by atoms with E-state index < -0.39 is 0 Å². The third-order valence-corrected chi connectivity index (χ3v) is 4.86. The van der Waals surface area contributed by atoms with Crippen molar-refractivity contribution in [3.05, 3.63) is 41.5 Å². The Hall–Kier alpha value is -2.12. The number of fused-ring (bicyclic) bond motifs is 2. The molecular formula is C19H23N3O. The molecule has 2 unspecified atom stereocenters. The van der Waals surface area contributed by atoms with E-state index in [0.717, 1.165) is 38.0 Å². The maximum absolute atomic E-state index is 12.1. The van der Waals surface area contributed by atoms with Crippen LogP contribution in [0.15, 0.2) is 30.3 Å². The van der Waals surface area contributed by atoms with Gasteiger partial charge >= 0.3 is 0 Å². The molecule has 1 aromatic rings. The zero-order valence-electron chi connectivity index (χ0n) is 13.6. The molecule has 0 saturated carbocycles. The van der Waals surface area contributed by atoms with Gasteiger partial charge in [-0.25, -0.2) is 0 Å². The van der Waals surface area contributed by atoms with E-state index in [1.807, 2.05) is 31.2 Å². The maximum Gasteiger partial charge on any atom is 0.222 e. The largest absolute Gasteiger partial charge is 0.334 e. The van der Waals surface area contributed by atoms with Crippen LogP contribution in [0, 0.1) is 11.3 Å². The van der Waals surface area contributed by atoms with Gasteiger partial charge in [-0.15, -0.1) is 0 Å². The molecule has 0 spiro atoms. The Bertz CT molecular complexity index is 615. The number of rotatable bonds is 4. The molecule has 120 valence electrons. The lowest BCUT2D eigenvalue weighted by Gasteiger charge is -2.40. The number of benzene rings is 1. The topological polar surface area (TPSA) is 47.3 Å². The minimum atomic E-state index is 0.310. The molecule has 2 aliphatic rings. The number of piperazine rings is 1. The van der Waals surface area contributed by atoms with Gasteiger partial charge in [0.25, 0.3) is 0 Å². The Kier molecular flexibility index (Phi) is 4.78. The second kappa shape index (κ2) is 6.97. The normalized spacial score (nSPS) is 24.1. The van der Waals surface area contributed by atoms with Crippen molar-refractivity contribution in [3.8, 4) is 6.07 Å². The van der Waals surface area contributed by atoms with E-state index in [0.29, 0.717) is 30.0 Å². The third-order valence-electron chi connectivity index (χ3n) is 4.86. The van der Waals surface area contributed by atoms with Crippen molar-refractivity contribution >= 4 is 12.0 Å². The molecule has 0 aromatic heterocycles. The van der Waals surface area contributed by atoms with Crippen molar-refractivity contribution in [1.29, 1.82) is 5.26 Å². The lowest BCUT2D eigenvalue weighted by atomic mass is 10.1. The van der Waals surface area contributed by atoms with Gasteiger partial charge in [-0.1, -0.05) is 31.2 Å². The Labute approximate surface area is 138 Å². The molecule has 1 amide bonds. The van der Waals surface area contributed by atoms with Crippen LogP contribution in [-0.4, -0.2) is 47.4 Å². The molecule has 4 nitrogen and oxygen atoms in total. The van der Waals surface area contributed by atoms with E-state index in [1.54, 1.807) is 0 Å². The highest BCUT2D eigenvalue weighted by atomic mass is 16.2. The number of carbonyl (C=O) groups excluding carboxylic acids is 1. The van der Waals surface area contributed by atoms with Gasteiger partial charge in [0.2, 0.25) is 5.91 Å². The van der Waals surface area contributed by atoms with Crippen molar-refractivity contribution < 1.29 is 4.79 Å². The van der Waals surface area contributed by atoms with Crippen LogP contribution < -0.4 is 0 Å². The van der Waals surface area contributed by atoms with E-state index in [1.165, 1.54) is 0 Å². The molecular weight excluding hydrogens is 286 g/mol. The molecule has 2 bridgehead atoms. The molecule has 23 heavy (non-hydrogen) atoms. The lowest BCUT2D eigenvalue weighted by Crippen LogP contribution is -2.55. The number of amides is 1. The van der Waals surface area contributed by atoms with Crippen LogP contribution in [0.25, 0.3) is 6.08 Å². The fourth-order valence-corrected chi connectivity index (χ4v) is 3.74. The number of nitriles is 1. The number of likely N-dealkylation sites (tertiary alicyclic amines) is 1. The standard InChI is InChI=1S/C19H23N3O/c1-2-19(23)22-17-9-10-18(22)14-21(13-17)11-3-4-15-5-7-16(12-20)8-6-15/h3-8,17-18H,2,9-11,13-14H2,1H3. The molecule has 1 aromatic carbocycles. The van der Waals surface area contributed by atoms with Gasteiger partial charge in [0.05, 0.1) is 11.6 Å². The first kappa shape index (κ1) is 15.8. The van der Waals surface area contributed by atoms with Gasteiger partial charge in [0.1, 0.15) is 0 Å². The summed E-state index contributed by atoms with van der Waals surface area (Å²) in [6.07, 6.45) is 7.19. The molecule has 2 aliphatic heterocycles. The smallest absolute Gasteiger partial charge is 0.222 e. The molecule has 2 fully saturated rings. The van der Waals surface area contributed by atoms with Crippen molar-refractivity contribution in [1.82, 2.24) is 9.80 Å². The summed E-state index contributed by atoms with van der Waals surface area (Å²) in [5.74, 6) is 0.310. The van der Waals surface area contributed by atoms with Crippen molar-refractivity contribution in [3.63, 3.8) is 0 Å². The number of carbonyl (C=O) groups is 1. The van der Waals surface area contributed by atoms with E-state index in [2.05, 4.69) is 28.0 Å². The van der Waals surface area contributed by atoms with Crippen LogP contribution in [0.3, 0.4) is 0 Å². The van der Waals surface area contributed by atoms with Crippen LogP contribution in [0.4, 0.5) is 0 Å². The van der Waals surface area contributed by atoms with Crippen molar-refractivity contribution in [2.45, 2.75) is 38.3 Å². The fraction of sp³-hybridized carbons (Fsp3) is 0.474. The van der Waals surface area contributed by atoms with Gasteiger partial charge < -0.3 is 4.90 Å². The summed E-state index contributed by atoms with van der Waals surface area (Å²) >= 11 is 0. The van der Waals surface area contributed by atoms with Crippen molar-refractivity contribution in [2.75, 3.05) is 19.6 Å². The van der Waals surface area contributed by atoms with E-state index >= 15 is 0 Å². The van der Waals surface area contributed by atoms with Gasteiger partial charge in [-0.05, 0) is 30.5 Å². The summed E-state index contributed by atoms with van der Waals surface area (Å²) in [7, 11) is 0. The highest BCUT2D eigenvalue weighted by Crippen LogP contribution is 2.30. The highest BCUT2D eigenvalue weighted by molar-refractivity contribution is 5.77. The number of nitrogens with zero attached hydrogens (tertiary/aromatic N) is 3. The maximum atomic E-state index is 12.1. The number of hydrogen-bond acceptors (Lipinski definition) is 3. The molecule has 4 heteroatoms. The Morgan fingerprint density at radius 1 is 1.26 bits per heavy atom. The molecule has 3 rings (SSSR count). The quantitative estimate of drug-likeness (QED) is 0.859. The van der Waals surface area contributed by atoms with Gasteiger partial charge in [0, 0.05) is 38.1 Å². The lowest BCUT2D eigenvalue weighted by molar-refractivity contribution is -0.136. The minimum absolute atomic E-state index is 0.310. The molecule has 2 atom stereocenters. The van der Waals surface area contributed by atoms with Crippen LogP contribution in [0.1, 0.15) is 37.3 Å². The minimum Gasteiger partial charge on any atom is -0.334 e. The summed E-state index contributed by atoms with van der Waals surface area (Å²) in [5, 5.41) is 8.81. The molecule has 0 radical (unpaired) electrons. The first-order valence-electron chi connectivity index (χ1n) is 8.41. The Balaban J connectivity index is 1.55. The monoisotopic (exact) mass is 309 g/mol. The third kappa shape index (κ3) is 3.46. The average molecular weight is 309 g/mol. The first-order valence-corrected chi connectivity index (χ1v) is 8.41. The second-order valence-electron chi connectivity index (χ2n) is 6.39. The summed E-state index contributed by atoms with van der Waals surface area (Å²) in [5.41, 5.74) is 1.81. The van der Waals surface area contributed by atoms with Crippen molar-refractivity contribution in [2.24, 2.45) is 0 Å². The summed E-state index contributed by atoms with van der Waals surface area (Å²) in [6, 6.07) is 10.6. The Morgan fingerprint density at radius 3 is 2.48 bits per heavy atom. The summed E-state index contributed by atoms with van der Waals surface area (Å²) in [4.78, 5) is 16.6. The van der Waals surface area contributed by atoms with E-state index in [4.69, 9.17) is 5.26 Å². The predicted octanol–water partition coefficient (Wildman–Crippen LogP) is 2.66. The molecule has 0 aliphatic carbocycles. The van der Waals surface area contributed by atoms with Crippen LogP contribution in [0.5, 0.6) is 0 Å². The van der Waals surface area contributed by atoms with Gasteiger partial charge in [0.15, 0.2) is 0 Å². The van der Waals surface area contributed by atoms with Crippen LogP contribution in [-0.2, 0) is 4.79 Å². The predicted molar refractivity (Wildman–Crippen MR) is 90.6 cm³/mol. The van der Waals surface area contributed by atoms with Crippen LogP contribution in [0.2, 0.25) is 0 Å². The molecule has 2 heterocycles.